The Hall–Kier alpha value is -2.10. The van der Waals surface area contributed by atoms with Crippen LogP contribution < -0.4 is 4.74 Å². The molecule has 0 saturated carbocycles. The molecule has 0 spiro atoms. The van der Waals surface area contributed by atoms with E-state index in [1.54, 1.807) is 7.11 Å². The fourth-order valence-electron chi connectivity index (χ4n) is 2.77. The summed E-state index contributed by atoms with van der Waals surface area (Å²) in [6, 6.07) is 16.2. The number of benzene rings is 2. The van der Waals surface area contributed by atoms with Crippen LogP contribution in [-0.4, -0.2) is 31.1 Å². The maximum atomic E-state index is 6.43. The maximum absolute atomic E-state index is 6.43. The molecule has 0 aliphatic carbocycles. The van der Waals surface area contributed by atoms with Crippen LogP contribution in [0.1, 0.15) is 5.69 Å². The smallest absolute Gasteiger partial charge is 0.137 e. The number of pyridine rings is 1. The number of nitrogens with zero attached hydrogens (tertiary/aromatic N) is 2. The molecule has 23 heavy (non-hydrogen) atoms. The SMILES string of the molecule is COc1ccc2c(Cl)nc(CN(C)C)c(-c3ccccc3)c2c1. The Bertz CT molecular complexity index is 832. The van der Waals surface area contributed by atoms with Crippen LogP contribution in [0.2, 0.25) is 5.15 Å². The van der Waals surface area contributed by atoms with Crippen LogP contribution in [0, 0.1) is 0 Å². The normalized spacial score (nSPS) is 11.2. The van der Waals surface area contributed by atoms with Gasteiger partial charge in [-0.15, -0.1) is 0 Å². The van der Waals surface area contributed by atoms with Crippen molar-refractivity contribution in [3.8, 4) is 16.9 Å². The van der Waals surface area contributed by atoms with E-state index in [0.29, 0.717) is 5.15 Å². The molecule has 0 N–H and O–H groups in total. The highest BCUT2D eigenvalue weighted by Crippen LogP contribution is 2.36. The fourth-order valence-corrected chi connectivity index (χ4v) is 3.03. The minimum absolute atomic E-state index is 0.527. The first-order valence-electron chi connectivity index (χ1n) is 7.46. The number of hydrogen-bond acceptors (Lipinski definition) is 3. The van der Waals surface area contributed by atoms with Gasteiger partial charge in [-0.1, -0.05) is 41.9 Å². The van der Waals surface area contributed by atoms with Gasteiger partial charge in [0, 0.05) is 17.5 Å². The van der Waals surface area contributed by atoms with Crippen molar-refractivity contribution in [3.63, 3.8) is 0 Å². The van der Waals surface area contributed by atoms with Crippen molar-refractivity contribution in [2.45, 2.75) is 6.54 Å². The van der Waals surface area contributed by atoms with Crippen molar-refractivity contribution >= 4 is 22.4 Å². The molecule has 118 valence electrons. The van der Waals surface area contributed by atoms with Gasteiger partial charge in [0.25, 0.3) is 0 Å². The van der Waals surface area contributed by atoms with Crippen LogP contribution in [-0.2, 0) is 6.54 Å². The highest BCUT2D eigenvalue weighted by Gasteiger charge is 2.16. The lowest BCUT2D eigenvalue weighted by Crippen LogP contribution is -2.13. The standard InChI is InChI=1S/C19H19ClN2O/c1-22(2)12-17-18(13-7-5-4-6-8-13)16-11-14(23-3)9-10-15(16)19(20)21-17/h4-11H,12H2,1-3H3. The third-order valence-electron chi connectivity index (χ3n) is 3.77. The van der Waals surface area contributed by atoms with Gasteiger partial charge in [0.15, 0.2) is 0 Å². The molecule has 0 radical (unpaired) electrons. The Morgan fingerprint density at radius 3 is 2.43 bits per heavy atom. The van der Waals surface area contributed by atoms with E-state index < -0.39 is 0 Å². The summed E-state index contributed by atoms with van der Waals surface area (Å²) in [5.74, 6) is 0.813. The van der Waals surface area contributed by atoms with Gasteiger partial charge in [-0.05, 0) is 43.2 Å². The van der Waals surface area contributed by atoms with E-state index in [0.717, 1.165) is 39.9 Å². The van der Waals surface area contributed by atoms with Gasteiger partial charge >= 0.3 is 0 Å². The summed E-state index contributed by atoms with van der Waals surface area (Å²) in [4.78, 5) is 6.75. The summed E-state index contributed by atoms with van der Waals surface area (Å²) in [6.45, 7) is 0.719. The van der Waals surface area contributed by atoms with Gasteiger partial charge in [0.2, 0.25) is 0 Å². The molecule has 0 aliphatic rings. The lowest BCUT2D eigenvalue weighted by Gasteiger charge is -2.17. The number of halogens is 1. The van der Waals surface area contributed by atoms with Crippen molar-refractivity contribution in [2.24, 2.45) is 0 Å². The number of rotatable bonds is 4. The van der Waals surface area contributed by atoms with Crippen LogP contribution in [0.5, 0.6) is 5.75 Å². The molecule has 3 aromatic rings. The Kier molecular flexibility index (Phi) is 4.51. The van der Waals surface area contributed by atoms with E-state index >= 15 is 0 Å². The molecule has 2 aromatic carbocycles. The average Bonchev–Trinajstić information content (AvgIpc) is 2.55. The fraction of sp³-hybridized carbons (Fsp3) is 0.211. The van der Waals surface area contributed by atoms with Gasteiger partial charge in [-0.3, -0.25) is 0 Å². The molecule has 3 rings (SSSR count). The minimum Gasteiger partial charge on any atom is -0.497 e. The molecule has 0 unspecified atom stereocenters. The second kappa shape index (κ2) is 6.57. The predicted molar refractivity (Wildman–Crippen MR) is 96.1 cm³/mol. The van der Waals surface area contributed by atoms with Crippen molar-refractivity contribution in [3.05, 3.63) is 59.4 Å². The van der Waals surface area contributed by atoms with E-state index in [9.17, 15) is 0 Å². The Morgan fingerprint density at radius 2 is 1.78 bits per heavy atom. The molecule has 0 bridgehead atoms. The summed E-state index contributed by atoms with van der Waals surface area (Å²) in [5.41, 5.74) is 3.20. The van der Waals surface area contributed by atoms with E-state index in [2.05, 4.69) is 22.0 Å². The first-order valence-corrected chi connectivity index (χ1v) is 7.84. The number of aromatic nitrogens is 1. The van der Waals surface area contributed by atoms with Crippen LogP contribution in [0.15, 0.2) is 48.5 Å². The molecule has 1 aromatic heterocycles. The van der Waals surface area contributed by atoms with Gasteiger partial charge in [-0.2, -0.15) is 0 Å². The first kappa shape index (κ1) is 15.8. The summed E-state index contributed by atoms with van der Waals surface area (Å²) in [7, 11) is 5.73. The average molecular weight is 327 g/mol. The molecular formula is C19H19ClN2O. The number of ether oxygens (including phenoxy) is 1. The van der Waals surface area contributed by atoms with Crippen LogP contribution in [0.25, 0.3) is 21.9 Å². The largest absolute Gasteiger partial charge is 0.497 e. The molecule has 0 saturated heterocycles. The monoisotopic (exact) mass is 326 g/mol. The van der Waals surface area contributed by atoms with E-state index in [-0.39, 0.29) is 0 Å². The molecule has 0 amide bonds. The Morgan fingerprint density at radius 1 is 1.04 bits per heavy atom. The van der Waals surface area contributed by atoms with E-state index in [4.69, 9.17) is 16.3 Å². The van der Waals surface area contributed by atoms with Crippen LogP contribution in [0.4, 0.5) is 0 Å². The number of fused-ring (bicyclic) bond motifs is 1. The molecule has 4 heteroatoms. The van der Waals surface area contributed by atoms with Gasteiger partial charge < -0.3 is 9.64 Å². The minimum atomic E-state index is 0.527. The molecule has 0 atom stereocenters. The van der Waals surface area contributed by atoms with E-state index in [1.807, 2.05) is 50.5 Å². The molecule has 0 fully saturated rings. The van der Waals surface area contributed by atoms with E-state index in [1.165, 1.54) is 0 Å². The van der Waals surface area contributed by atoms with Gasteiger partial charge in [0.1, 0.15) is 10.9 Å². The van der Waals surface area contributed by atoms with Crippen LogP contribution in [0.3, 0.4) is 0 Å². The highest BCUT2D eigenvalue weighted by molar-refractivity contribution is 6.34. The Balaban J connectivity index is 2.37. The van der Waals surface area contributed by atoms with Crippen molar-refractivity contribution < 1.29 is 4.74 Å². The van der Waals surface area contributed by atoms with Crippen molar-refractivity contribution in [2.75, 3.05) is 21.2 Å². The van der Waals surface area contributed by atoms with Gasteiger partial charge in [-0.25, -0.2) is 4.98 Å². The lowest BCUT2D eigenvalue weighted by molar-refractivity contribution is 0.398. The quantitative estimate of drug-likeness (QED) is 0.654. The third kappa shape index (κ3) is 3.16. The summed E-state index contributed by atoms with van der Waals surface area (Å²) in [5, 5.41) is 2.53. The zero-order valence-corrected chi connectivity index (χ0v) is 14.3. The molecule has 3 nitrogen and oxygen atoms in total. The van der Waals surface area contributed by atoms with Crippen molar-refractivity contribution in [1.82, 2.24) is 9.88 Å². The second-order valence-electron chi connectivity index (χ2n) is 5.74. The summed E-state index contributed by atoms with van der Waals surface area (Å²) < 4.78 is 5.40. The Labute approximate surface area is 141 Å². The topological polar surface area (TPSA) is 25.4 Å². The molecule has 0 aliphatic heterocycles. The first-order chi connectivity index (χ1) is 11.1. The van der Waals surface area contributed by atoms with Gasteiger partial charge in [0.05, 0.1) is 12.8 Å². The third-order valence-corrected chi connectivity index (χ3v) is 4.06. The summed E-state index contributed by atoms with van der Waals surface area (Å²) >= 11 is 6.43. The highest BCUT2D eigenvalue weighted by atomic mass is 35.5. The zero-order valence-electron chi connectivity index (χ0n) is 13.5. The lowest BCUT2D eigenvalue weighted by atomic mass is 9.97. The number of methoxy groups -OCH3 is 1. The zero-order chi connectivity index (χ0) is 16.4. The molecular weight excluding hydrogens is 308 g/mol. The maximum Gasteiger partial charge on any atom is 0.137 e. The predicted octanol–water partition coefficient (Wildman–Crippen LogP) is 4.63. The number of hydrogen-bond donors (Lipinski definition) is 0. The summed E-state index contributed by atoms with van der Waals surface area (Å²) in [6.07, 6.45) is 0. The van der Waals surface area contributed by atoms with Crippen LogP contribution >= 0.6 is 11.6 Å². The van der Waals surface area contributed by atoms with Crippen molar-refractivity contribution in [1.29, 1.82) is 0 Å². The molecule has 1 heterocycles. The second-order valence-corrected chi connectivity index (χ2v) is 6.10.